The maximum Gasteiger partial charge on any atom is 0.306 e. The quantitative estimate of drug-likeness (QED) is 0.542. The Balaban J connectivity index is 2.19. The van der Waals surface area contributed by atoms with Crippen molar-refractivity contribution in [3.05, 3.63) is 0 Å². The van der Waals surface area contributed by atoms with Crippen molar-refractivity contribution in [3.63, 3.8) is 0 Å². The van der Waals surface area contributed by atoms with Crippen molar-refractivity contribution >= 4 is 5.97 Å². The zero-order chi connectivity index (χ0) is 12.9. The number of aliphatic hydroxyl groups is 2. The van der Waals surface area contributed by atoms with Crippen LogP contribution in [0.3, 0.4) is 0 Å². The Kier molecular flexibility index (Phi) is 5.36. The van der Waals surface area contributed by atoms with E-state index in [0.717, 1.165) is 25.7 Å². The number of rotatable bonds is 6. The Morgan fingerprint density at radius 3 is 2.59 bits per heavy atom. The average molecular weight is 245 g/mol. The van der Waals surface area contributed by atoms with Gasteiger partial charge in [-0.1, -0.05) is 6.92 Å². The first-order valence-corrected chi connectivity index (χ1v) is 6.24. The van der Waals surface area contributed by atoms with Gasteiger partial charge in [-0.15, -0.1) is 0 Å². The van der Waals surface area contributed by atoms with Crippen LogP contribution in [0.2, 0.25) is 0 Å². The molecule has 0 bridgehead atoms. The summed E-state index contributed by atoms with van der Waals surface area (Å²) in [5.74, 6) is -0.336. The highest BCUT2D eigenvalue weighted by Gasteiger charge is 2.31. The van der Waals surface area contributed by atoms with Crippen LogP contribution in [0.25, 0.3) is 0 Å². The lowest BCUT2D eigenvalue weighted by Gasteiger charge is -2.35. The second-order valence-electron chi connectivity index (χ2n) is 5.29. The van der Waals surface area contributed by atoms with Gasteiger partial charge in [0.05, 0.1) is 18.1 Å². The molecule has 1 saturated carbocycles. The minimum absolute atomic E-state index is 0.212. The van der Waals surface area contributed by atoms with Gasteiger partial charge in [0.15, 0.2) is 0 Å². The molecule has 5 heteroatoms. The smallest absolute Gasteiger partial charge is 0.306 e. The summed E-state index contributed by atoms with van der Waals surface area (Å²) in [5, 5.41) is 31.0. The van der Waals surface area contributed by atoms with Gasteiger partial charge in [-0.05, 0) is 31.6 Å². The zero-order valence-corrected chi connectivity index (χ0v) is 10.4. The van der Waals surface area contributed by atoms with Gasteiger partial charge in [0.2, 0.25) is 0 Å². The molecule has 1 atom stereocenters. The van der Waals surface area contributed by atoms with Crippen LogP contribution in [0.4, 0.5) is 0 Å². The topological polar surface area (TPSA) is 89.8 Å². The van der Waals surface area contributed by atoms with Gasteiger partial charge in [-0.25, -0.2) is 0 Å². The van der Waals surface area contributed by atoms with E-state index in [1.54, 1.807) is 0 Å². The van der Waals surface area contributed by atoms with Gasteiger partial charge in [-0.2, -0.15) is 0 Å². The van der Waals surface area contributed by atoms with Crippen LogP contribution >= 0.6 is 0 Å². The van der Waals surface area contributed by atoms with E-state index < -0.39 is 17.7 Å². The molecule has 0 heterocycles. The second kappa shape index (κ2) is 6.33. The summed E-state index contributed by atoms with van der Waals surface area (Å²) in [6, 6.07) is 0. The van der Waals surface area contributed by atoms with E-state index in [9.17, 15) is 15.0 Å². The molecule has 0 aromatic carbocycles. The van der Waals surface area contributed by atoms with Crippen LogP contribution in [0.1, 0.15) is 39.0 Å². The lowest BCUT2D eigenvalue weighted by Crippen LogP contribution is -2.45. The summed E-state index contributed by atoms with van der Waals surface area (Å²) in [6.45, 7) is 2.82. The van der Waals surface area contributed by atoms with E-state index in [1.807, 2.05) is 0 Å². The number of hydrogen-bond donors (Lipinski definition) is 4. The van der Waals surface area contributed by atoms with Crippen LogP contribution in [0.15, 0.2) is 0 Å². The number of carbonyl (C=O) groups is 1. The molecule has 0 saturated heterocycles. The van der Waals surface area contributed by atoms with E-state index in [0.29, 0.717) is 12.5 Å². The monoisotopic (exact) mass is 245 g/mol. The first-order valence-electron chi connectivity index (χ1n) is 6.24. The molecule has 1 unspecified atom stereocenters. The van der Waals surface area contributed by atoms with Gasteiger partial charge in [0.25, 0.3) is 0 Å². The molecule has 4 N–H and O–H groups in total. The number of aliphatic hydroxyl groups excluding tert-OH is 1. The molecular weight excluding hydrogens is 222 g/mol. The van der Waals surface area contributed by atoms with Crippen molar-refractivity contribution in [2.24, 2.45) is 5.92 Å². The molecule has 0 radical (unpaired) electrons. The molecule has 1 aliphatic carbocycles. The Labute approximate surface area is 102 Å². The molecule has 5 nitrogen and oxygen atoms in total. The van der Waals surface area contributed by atoms with E-state index in [4.69, 9.17) is 5.11 Å². The fraction of sp³-hybridized carbons (Fsp3) is 0.917. The van der Waals surface area contributed by atoms with Gasteiger partial charge in [0, 0.05) is 13.1 Å². The third-order valence-corrected chi connectivity index (χ3v) is 3.45. The normalized spacial score (nSPS) is 31.1. The molecule has 0 aliphatic heterocycles. The minimum Gasteiger partial charge on any atom is -0.481 e. The number of hydrogen-bond acceptors (Lipinski definition) is 4. The maximum absolute atomic E-state index is 10.3. The van der Waals surface area contributed by atoms with Crippen LogP contribution in [0, 0.1) is 5.92 Å². The zero-order valence-electron chi connectivity index (χ0n) is 10.4. The first-order chi connectivity index (χ1) is 7.91. The van der Waals surface area contributed by atoms with E-state index in [-0.39, 0.29) is 13.0 Å². The Hall–Kier alpha value is -0.650. The minimum atomic E-state index is -1.01. The third-order valence-electron chi connectivity index (χ3n) is 3.45. The van der Waals surface area contributed by atoms with Crippen LogP contribution in [0.5, 0.6) is 0 Å². The molecule has 0 aromatic heterocycles. The molecule has 1 aliphatic rings. The first kappa shape index (κ1) is 14.4. The van der Waals surface area contributed by atoms with E-state index in [2.05, 4.69) is 12.2 Å². The maximum atomic E-state index is 10.3. The van der Waals surface area contributed by atoms with E-state index >= 15 is 0 Å². The molecule has 1 fully saturated rings. The van der Waals surface area contributed by atoms with Crippen molar-refractivity contribution in [2.75, 3.05) is 13.1 Å². The highest BCUT2D eigenvalue weighted by molar-refractivity contribution is 5.67. The Bertz CT molecular complexity index is 249. The van der Waals surface area contributed by atoms with E-state index in [1.165, 1.54) is 0 Å². The van der Waals surface area contributed by atoms with Crippen LogP contribution in [-0.2, 0) is 4.79 Å². The third kappa shape index (κ3) is 5.48. The van der Waals surface area contributed by atoms with Crippen molar-refractivity contribution in [1.82, 2.24) is 5.32 Å². The lowest BCUT2D eigenvalue weighted by molar-refractivity contribution is -0.139. The number of carboxylic acids is 1. The summed E-state index contributed by atoms with van der Waals surface area (Å²) in [5.41, 5.74) is -0.685. The van der Waals surface area contributed by atoms with Crippen molar-refractivity contribution in [3.8, 4) is 0 Å². The van der Waals surface area contributed by atoms with Gasteiger partial charge in [0.1, 0.15) is 0 Å². The standard InChI is InChI=1S/C12H23NO4/c1-9-2-4-12(17,5-3-9)8-13-7-10(14)6-11(15)16/h9-10,13-14,17H,2-8H2,1H3,(H,15,16). The Morgan fingerprint density at radius 2 is 2.06 bits per heavy atom. The van der Waals surface area contributed by atoms with Gasteiger partial charge >= 0.3 is 5.97 Å². The number of nitrogens with one attached hydrogen (secondary N) is 1. The molecule has 0 amide bonds. The fourth-order valence-electron chi connectivity index (χ4n) is 2.22. The number of aliphatic carboxylic acids is 1. The summed E-state index contributed by atoms with van der Waals surface area (Å²) in [7, 11) is 0. The second-order valence-corrected chi connectivity index (χ2v) is 5.29. The number of carboxylic acid groups (broad SMARTS) is 1. The molecule has 0 spiro atoms. The summed E-state index contributed by atoms with van der Waals surface area (Å²) in [4.78, 5) is 10.3. The van der Waals surface area contributed by atoms with Crippen LogP contribution in [-0.4, -0.2) is 46.1 Å². The largest absolute Gasteiger partial charge is 0.481 e. The van der Waals surface area contributed by atoms with Crippen molar-refractivity contribution in [1.29, 1.82) is 0 Å². The van der Waals surface area contributed by atoms with Crippen molar-refractivity contribution in [2.45, 2.75) is 50.7 Å². The average Bonchev–Trinajstić information content (AvgIpc) is 2.22. The molecule has 0 aromatic rings. The Morgan fingerprint density at radius 1 is 1.47 bits per heavy atom. The summed E-state index contributed by atoms with van der Waals surface area (Å²) < 4.78 is 0. The summed E-state index contributed by atoms with van der Waals surface area (Å²) in [6.07, 6.45) is 2.44. The molecule has 1 rings (SSSR count). The molecular formula is C12H23NO4. The predicted octanol–water partition coefficient (Wildman–Crippen LogP) is 0.353. The summed E-state index contributed by atoms with van der Waals surface area (Å²) >= 11 is 0. The van der Waals surface area contributed by atoms with Gasteiger partial charge < -0.3 is 20.6 Å². The van der Waals surface area contributed by atoms with Crippen molar-refractivity contribution < 1.29 is 20.1 Å². The van der Waals surface area contributed by atoms with Gasteiger partial charge in [-0.3, -0.25) is 4.79 Å². The highest BCUT2D eigenvalue weighted by atomic mass is 16.4. The highest BCUT2D eigenvalue weighted by Crippen LogP contribution is 2.31. The molecule has 17 heavy (non-hydrogen) atoms. The lowest BCUT2D eigenvalue weighted by atomic mass is 9.79. The SMILES string of the molecule is CC1CCC(O)(CNCC(O)CC(=O)O)CC1. The fourth-order valence-corrected chi connectivity index (χ4v) is 2.22. The predicted molar refractivity (Wildman–Crippen MR) is 63.7 cm³/mol. The molecule has 100 valence electrons. The van der Waals surface area contributed by atoms with Crippen LogP contribution < -0.4 is 5.32 Å².